The van der Waals surface area contributed by atoms with Crippen molar-refractivity contribution in [2.24, 2.45) is 0 Å². The molecule has 2 N–H and O–H groups in total. The smallest absolute Gasteiger partial charge is 0.252 e. The first-order valence-electron chi connectivity index (χ1n) is 12.2. The molecule has 0 radical (unpaired) electrons. The minimum absolute atomic E-state index is 0.0907. The van der Waals surface area contributed by atoms with Gasteiger partial charge in [0.2, 0.25) is 5.95 Å². The second-order valence-corrected chi connectivity index (χ2v) is 9.83. The Balaban J connectivity index is 1.24. The Hall–Kier alpha value is -4.62. The van der Waals surface area contributed by atoms with Crippen molar-refractivity contribution in [3.8, 4) is 17.0 Å². The predicted octanol–water partition coefficient (Wildman–Crippen LogP) is 7.18. The summed E-state index contributed by atoms with van der Waals surface area (Å²) in [5, 5.41) is 6.67. The number of nitrogens with one attached hydrogen (secondary N) is 2. The third kappa shape index (κ3) is 4.96. The number of ether oxygens (including phenoxy) is 1. The molecule has 6 aromatic rings. The fourth-order valence-electron chi connectivity index (χ4n) is 4.36. The molecule has 0 amide bonds. The summed E-state index contributed by atoms with van der Waals surface area (Å²) in [5.41, 5.74) is 4.15. The Morgan fingerprint density at radius 1 is 0.868 bits per heavy atom. The van der Waals surface area contributed by atoms with Gasteiger partial charge in [-0.3, -0.25) is 4.79 Å². The van der Waals surface area contributed by atoms with E-state index in [-0.39, 0.29) is 5.56 Å². The highest BCUT2D eigenvalue weighted by Gasteiger charge is 2.10. The quantitative estimate of drug-likeness (QED) is 0.219. The van der Waals surface area contributed by atoms with Crippen molar-refractivity contribution in [1.29, 1.82) is 0 Å². The number of anilines is 2. The van der Waals surface area contributed by atoms with Crippen LogP contribution < -0.4 is 15.6 Å². The summed E-state index contributed by atoms with van der Waals surface area (Å²) < 4.78 is 5.33. The molecule has 2 heterocycles. The van der Waals surface area contributed by atoms with Crippen LogP contribution in [0.2, 0.25) is 0 Å². The summed E-state index contributed by atoms with van der Waals surface area (Å²) >= 11 is 1.58. The number of fused-ring (bicyclic) bond motifs is 2. The average Bonchev–Trinajstić information content (AvgIpc) is 2.96. The van der Waals surface area contributed by atoms with Gasteiger partial charge in [-0.1, -0.05) is 48.5 Å². The SMILES string of the molecule is COc1ccc2[nH]c(=O)c(CSc3ccccc3Nc3nccc(-c4ccc5ccccc5c4)n3)cc2c1. The first-order valence-corrected chi connectivity index (χ1v) is 13.2. The fraction of sp³-hybridized carbons (Fsp3) is 0.0645. The van der Waals surface area contributed by atoms with Crippen molar-refractivity contribution in [2.45, 2.75) is 10.6 Å². The maximum atomic E-state index is 12.7. The van der Waals surface area contributed by atoms with Crippen molar-refractivity contribution >= 4 is 45.1 Å². The van der Waals surface area contributed by atoms with Gasteiger partial charge in [0.1, 0.15) is 5.75 Å². The summed E-state index contributed by atoms with van der Waals surface area (Å²) in [6, 6.07) is 32.0. The average molecular weight is 517 g/mol. The van der Waals surface area contributed by atoms with Gasteiger partial charge in [-0.05, 0) is 59.3 Å². The molecule has 0 atom stereocenters. The molecule has 2 aromatic heterocycles. The largest absolute Gasteiger partial charge is 0.497 e. The Morgan fingerprint density at radius 3 is 2.61 bits per heavy atom. The van der Waals surface area contributed by atoms with Crippen LogP contribution in [0.4, 0.5) is 11.6 Å². The Labute approximate surface area is 223 Å². The van der Waals surface area contributed by atoms with Crippen LogP contribution in [0, 0.1) is 0 Å². The molecule has 6 nitrogen and oxygen atoms in total. The number of nitrogens with zero attached hydrogens (tertiary/aromatic N) is 2. The summed E-state index contributed by atoms with van der Waals surface area (Å²) in [5.74, 6) is 1.78. The van der Waals surface area contributed by atoms with Crippen LogP contribution in [-0.4, -0.2) is 22.1 Å². The van der Waals surface area contributed by atoms with E-state index in [0.717, 1.165) is 38.5 Å². The van der Waals surface area contributed by atoms with Crippen molar-refractivity contribution in [3.63, 3.8) is 0 Å². The van der Waals surface area contributed by atoms with Gasteiger partial charge >= 0.3 is 0 Å². The first-order chi connectivity index (χ1) is 18.7. The van der Waals surface area contributed by atoms with Crippen molar-refractivity contribution in [3.05, 3.63) is 119 Å². The van der Waals surface area contributed by atoms with Crippen LogP contribution in [0.15, 0.2) is 113 Å². The van der Waals surface area contributed by atoms with E-state index in [4.69, 9.17) is 9.72 Å². The number of rotatable bonds is 7. The molecule has 0 saturated heterocycles. The Morgan fingerprint density at radius 2 is 1.71 bits per heavy atom. The van der Waals surface area contributed by atoms with E-state index >= 15 is 0 Å². The van der Waals surface area contributed by atoms with Gasteiger partial charge in [0.15, 0.2) is 0 Å². The van der Waals surface area contributed by atoms with E-state index in [0.29, 0.717) is 17.3 Å². The molecule has 186 valence electrons. The van der Waals surface area contributed by atoms with Crippen LogP contribution in [0.1, 0.15) is 5.56 Å². The number of aromatic nitrogens is 3. The zero-order chi connectivity index (χ0) is 25.9. The second-order valence-electron chi connectivity index (χ2n) is 8.81. The van der Waals surface area contributed by atoms with Gasteiger partial charge in [0, 0.05) is 38.9 Å². The summed E-state index contributed by atoms with van der Waals surface area (Å²) in [7, 11) is 1.63. The number of H-pyrrole nitrogens is 1. The van der Waals surface area contributed by atoms with Crippen molar-refractivity contribution < 1.29 is 4.74 Å². The number of methoxy groups -OCH3 is 1. The van der Waals surface area contributed by atoms with E-state index in [9.17, 15) is 4.79 Å². The highest BCUT2D eigenvalue weighted by Crippen LogP contribution is 2.32. The maximum Gasteiger partial charge on any atom is 0.252 e. The molecule has 0 spiro atoms. The minimum atomic E-state index is -0.0907. The molecule has 0 fully saturated rings. The Kier molecular flexibility index (Phi) is 6.50. The van der Waals surface area contributed by atoms with Crippen LogP contribution >= 0.6 is 11.8 Å². The van der Waals surface area contributed by atoms with Crippen molar-refractivity contribution in [2.75, 3.05) is 12.4 Å². The van der Waals surface area contributed by atoms with E-state index < -0.39 is 0 Å². The number of para-hydroxylation sites is 1. The molecular weight excluding hydrogens is 492 g/mol. The number of hydrogen-bond acceptors (Lipinski definition) is 6. The predicted molar refractivity (Wildman–Crippen MR) is 155 cm³/mol. The molecule has 0 saturated carbocycles. The summed E-state index contributed by atoms with van der Waals surface area (Å²) in [6.07, 6.45) is 1.76. The molecule has 6 rings (SSSR count). The molecular formula is C31H24N4O2S. The summed E-state index contributed by atoms with van der Waals surface area (Å²) in [6.45, 7) is 0. The van der Waals surface area contributed by atoms with Crippen LogP contribution in [0.25, 0.3) is 32.9 Å². The monoisotopic (exact) mass is 516 g/mol. The lowest BCUT2D eigenvalue weighted by Gasteiger charge is -2.12. The molecule has 0 bridgehead atoms. The highest BCUT2D eigenvalue weighted by atomic mass is 32.2. The third-order valence-corrected chi connectivity index (χ3v) is 7.47. The third-order valence-electron chi connectivity index (χ3n) is 6.35. The lowest BCUT2D eigenvalue weighted by atomic mass is 10.1. The zero-order valence-corrected chi connectivity index (χ0v) is 21.5. The molecule has 7 heteroatoms. The highest BCUT2D eigenvalue weighted by molar-refractivity contribution is 7.98. The lowest BCUT2D eigenvalue weighted by molar-refractivity contribution is 0.415. The molecule has 0 unspecified atom stereocenters. The van der Waals surface area contributed by atoms with Gasteiger partial charge < -0.3 is 15.0 Å². The van der Waals surface area contributed by atoms with E-state index in [1.54, 1.807) is 25.1 Å². The fourth-order valence-corrected chi connectivity index (χ4v) is 5.34. The summed E-state index contributed by atoms with van der Waals surface area (Å²) in [4.78, 5) is 25.9. The van der Waals surface area contributed by atoms with E-state index in [1.807, 2.05) is 66.7 Å². The number of aromatic amines is 1. The lowest BCUT2D eigenvalue weighted by Crippen LogP contribution is -2.11. The van der Waals surface area contributed by atoms with Gasteiger partial charge in [-0.2, -0.15) is 0 Å². The van der Waals surface area contributed by atoms with Gasteiger partial charge in [0.25, 0.3) is 5.56 Å². The molecule has 0 aliphatic carbocycles. The van der Waals surface area contributed by atoms with Gasteiger partial charge in [-0.15, -0.1) is 11.8 Å². The molecule has 0 aliphatic rings. The van der Waals surface area contributed by atoms with Crippen LogP contribution in [0.5, 0.6) is 5.75 Å². The minimum Gasteiger partial charge on any atom is -0.497 e. The maximum absolute atomic E-state index is 12.7. The number of thioether (sulfide) groups is 1. The van der Waals surface area contributed by atoms with E-state index in [2.05, 4.69) is 45.6 Å². The first kappa shape index (κ1) is 23.8. The number of hydrogen-bond donors (Lipinski definition) is 2. The standard InChI is InChI=1S/C31H24N4O2S/c1-37-25-12-13-26-23(18-25)17-24(30(36)33-26)19-38-29-9-5-4-8-28(29)35-31-32-15-14-27(34-31)22-11-10-20-6-2-3-7-21(20)16-22/h2-18H,19H2,1H3,(H,33,36)(H,32,34,35). The zero-order valence-electron chi connectivity index (χ0n) is 20.6. The number of pyridine rings is 1. The normalized spacial score (nSPS) is 11.1. The molecule has 0 aliphatic heterocycles. The topological polar surface area (TPSA) is 79.9 Å². The molecule has 4 aromatic carbocycles. The van der Waals surface area contributed by atoms with Crippen LogP contribution in [-0.2, 0) is 5.75 Å². The van der Waals surface area contributed by atoms with Gasteiger partial charge in [0.05, 0.1) is 18.5 Å². The Bertz CT molecular complexity index is 1830. The van der Waals surface area contributed by atoms with E-state index in [1.165, 1.54) is 10.8 Å². The van der Waals surface area contributed by atoms with Crippen molar-refractivity contribution in [1.82, 2.24) is 15.0 Å². The molecule has 38 heavy (non-hydrogen) atoms. The van der Waals surface area contributed by atoms with Gasteiger partial charge in [-0.25, -0.2) is 9.97 Å². The second kappa shape index (κ2) is 10.4. The van der Waals surface area contributed by atoms with Crippen LogP contribution in [0.3, 0.4) is 0 Å². The number of benzene rings is 4.